The number of ketones is 1. The SMILES string of the molecule is O=C(CO)[C@@H](O)[C@H](O)[C@H](O)C(O)[C@H]1O[C@H](CO)[C@H](O)[C@H](O)[C@H]1O. The minimum atomic E-state index is -2.21. The number of aliphatic hydroxyl groups excluding tert-OH is 9. The van der Waals surface area contributed by atoms with E-state index >= 15 is 0 Å². The molecule has 1 rings (SSSR count). The number of carbonyl (C=O) groups is 1. The minimum Gasteiger partial charge on any atom is -0.394 e. The topological polar surface area (TPSA) is 208 Å². The molecule has 0 amide bonds. The normalized spacial score (nSPS) is 37.0. The van der Waals surface area contributed by atoms with Crippen LogP contribution in [0.2, 0.25) is 0 Å². The van der Waals surface area contributed by atoms with Gasteiger partial charge in [-0.25, -0.2) is 0 Å². The molecule has 0 radical (unpaired) electrons. The Kier molecular flexibility index (Phi) is 7.41. The molecule has 1 aliphatic rings. The lowest BCUT2D eigenvalue weighted by atomic mass is 9.88. The molecular weight excluding hydrogens is 320 g/mol. The van der Waals surface area contributed by atoms with E-state index in [1.807, 2.05) is 0 Å². The molecule has 9 N–H and O–H groups in total. The molecule has 11 nitrogen and oxygen atoms in total. The van der Waals surface area contributed by atoms with Crippen molar-refractivity contribution < 1.29 is 55.5 Å². The summed E-state index contributed by atoms with van der Waals surface area (Å²) in [5.74, 6) is -1.21. The molecule has 0 bridgehead atoms. The second-order valence-corrected chi connectivity index (χ2v) is 5.33. The Balaban J connectivity index is 2.85. The van der Waals surface area contributed by atoms with Crippen LogP contribution in [0.5, 0.6) is 0 Å². The molecule has 1 heterocycles. The lowest BCUT2D eigenvalue weighted by Gasteiger charge is -2.43. The van der Waals surface area contributed by atoms with Crippen molar-refractivity contribution in [2.45, 2.75) is 54.9 Å². The highest BCUT2D eigenvalue weighted by Gasteiger charge is 2.49. The first-order valence-electron chi connectivity index (χ1n) is 6.83. The van der Waals surface area contributed by atoms with Crippen molar-refractivity contribution in [3.05, 3.63) is 0 Å². The molecule has 0 spiro atoms. The Labute approximate surface area is 130 Å². The molecule has 1 fully saturated rings. The first kappa shape index (κ1) is 20.3. The van der Waals surface area contributed by atoms with Gasteiger partial charge in [0.15, 0.2) is 5.78 Å². The number of Topliss-reactive ketones (excluding diaryl/α,β-unsaturated/α-hetero) is 1. The van der Waals surface area contributed by atoms with Gasteiger partial charge in [0.2, 0.25) is 0 Å². The van der Waals surface area contributed by atoms with E-state index in [2.05, 4.69) is 0 Å². The predicted molar refractivity (Wildman–Crippen MR) is 69.9 cm³/mol. The van der Waals surface area contributed by atoms with E-state index in [4.69, 9.17) is 14.9 Å². The highest BCUT2D eigenvalue weighted by atomic mass is 16.6. The number of rotatable bonds is 7. The summed E-state index contributed by atoms with van der Waals surface area (Å²) in [5, 5.41) is 85.3. The Bertz CT molecular complexity index is 389. The average Bonchev–Trinajstić information content (AvgIpc) is 2.56. The fourth-order valence-corrected chi connectivity index (χ4v) is 2.28. The van der Waals surface area contributed by atoms with Gasteiger partial charge in [0.25, 0.3) is 0 Å². The Morgan fingerprint density at radius 1 is 0.913 bits per heavy atom. The van der Waals surface area contributed by atoms with Crippen LogP contribution >= 0.6 is 0 Å². The van der Waals surface area contributed by atoms with Crippen LogP contribution in [-0.2, 0) is 9.53 Å². The van der Waals surface area contributed by atoms with E-state index in [1.165, 1.54) is 0 Å². The summed E-state index contributed by atoms with van der Waals surface area (Å²) in [6.45, 7) is -1.88. The van der Waals surface area contributed by atoms with Crippen LogP contribution in [-0.4, -0.2) is 120 Å². The molecule has 0 aromatic carbocycles. The average molecular weight is 342 g/mol. The molecule has 1 unspecified atom stereocenters. The third kappa shape index (κ3) is 4.22. The molecule has 1 aliphatic heterocycles. The van der Waals surface area contributed by atoms with Crippen LogP contribution in [0.3, 0.4) is 0 Å². The lowest BCUT2D eigenvalue weighted by Crippen LogP contribution is -2.64. The first-order chi connectivity index (χ1) is 10.7. The van der Waals surface area contributed by atoms with Crippen LogP contribution in [0.1, 0.15) is 0 Å². The Hall–Kier alpha value is -0.730. The Morgan fingerprint density at radius 2 is 1.48 bits per heavy atom. The van der Waals surface area contributed by atoms with Gasteiger partial charge in [-0.1, -0.05) is 0 Å². The minimum absolute atomic E-state index is 0.765. The molecule has 0 aromatic heterocycles. The van der Waals surface area contributed by atoms with E-state index in [1.54, 1.807) is 0 Å². The number of carbonyl (C=O) groups excluding carboxylic acids is 1. The molecule has 23 heavy (non-hydrogen) atoms. The summed E-state index contributed by atoms with van der Waals surface area (Å²) in [6.07, 6.45) is -17.1. The number of hydrogen-bond acceptors (Lipinski definition) is 11. The summed E-state index contributed by atoms with van der Waals surface area (Å²) >= 11 is 0. The van der Waals surface area contributed by atoms with Crippen molar-refractivity contribution in [2.24, 2.45) is 0 Å². The molecular formula is C12H22O11. The van der Waals surface area contributed by atoms with Gasteiger partial charge in [-0.05, 0) is 0 Å². The van der Waals surface area contributed by atoms with Crippen LogP contribution < -0.4 is 0 Å². The van der Waals surface area contributed by atoms with Gasteiger partial charge in [0.1, 0.15) is 61.5 Å². The van der Waals surface area contributed by atoms with E-state index in [9.17, 15) is 40.5 Å². The highest BCUT2D eigenvalue weighted by molar-refractivity contribution is 5.84. The fraction of sp³-hybridized carbons (Fsp3) is 0.917. The van der Waals surface area contributed by atoms with Gasteiger partial charge in [-0.2, -0.15) is 0 Å². The maximum atomic E-state index is 11.1. The number of hydrogen-bond donors (Lipinski definition) is 9. The van der Waals surface area contributed by atoms with Gasteiger partial charge >= 0.3 is 0 Å². The van der Waals surface area contributed by atoms with E-state index in [0.29, 0.717) is 0 Å². The zero-order valence-corrected chi connectivity index (χ0v) is 12.0. The van der Waals surface area contributed by atoms with Crippen LogP contribution in [0.15, 0.2) is 0 Å². The molecule has 9 atom stereocenters. The smallest absolute Gasteiger partial charge is 0.189 e. The first-order valence-corrected chi connectivity index (χ1v) is 6.83. The summed E-state index contributed by atoms with van der Waals surface area (Å²) < 4.78 is 4.98. The summed E-state index contributed by atoms with van der Waals surface area (Å²) in [6, 6.07) is 0. The quantitative estimate of drug-likeness (QED) is 0.212. The van der Waals surface area contributed by atoms with E-state index in [0.717, 1.165) is 0 Å². The van der Waals surface area contributed by atoms with E-state index < -0.39 is 73.9 Å². The molecule has 0 aromatic rings. The molecule has 0 saturated carbocycles. The van der Waals surface area contributed by atoms with Crippen LogP contribution in [0, 0.1) is 0 Å². The van der Waals surface area contributed by atoms with Gasteiger partial charge in [0, 0.05) is 0 Å². The van der Waals surface area contributed by atoms with Gasteiger partial charge in [0.05, 0.1) is 6.61 Å². The number of ether oxygens (including phenoxy) is 1. The third-order valence-corrected chi connectivity index (χ3v) is 3.77. The summed E-state index contributed by atoms with van der Waals surface area (Å²) in [7, 11) is 0. The Morgan fingerprint density at radius 3 is 1.96 bits per heavy atom. The zero-order valence-electron chi connectivity index (χ0n) is 12.0. The van der Waals surface area contributed by atoms with Crippen molar-refractivity contribution in [1.29, 1.82) is 0 Å². The second kappa shape index (κ2) is 8.39. The van der Waals surface area contributed by atoms with Gasteiger partial charge < -0.3 is 50.7 Å². The van der Waals surface area contributed by atoms with Crippen molar-refractivity contribution >= 4 is 5.78 Å². The van der Waals surface area contributed by atoms with E-state index in [-0.39, 0.29) is 0 Å². The fourth-order valence-electron chi connectivity index (χ4n) is 2.28. The summed E-state index contributed by atoms with van der Waals surface area (Å²) in [4.78, 5) is 11.1. The lowest BCUT2D eigenvalue weighted by molar-refractivity contribution is -0.263. The second-order valence-electron chi connectivity index (χ2n) is 5.33. The van der Waals surface area contributed by atoms with Crippen LogP contribution in [0.25, 0.3) is 0 Å². The van der Waals surface area contributed by atoms with Gasteiger partial charge in [-0.15, -0.1) is 0 Å². The maximum absolute atomic E-state index is 11.1. The molecule has 136 valence electrons. The summed E-state index contributed by atoms with van der Waals surface area (Å²) in [5.41, 5.74) is 0. The third-order valence-electron chi connectivity index (χ3n) is 3.77. The highest BCUT2D eigenvalue weighted by Crippen LogP contribution is 2.25. The largest absolute Gasteiger partial charge is 0.394 e. The maximum Gasteiger partial charge on any atom is 0.189 e. The van der Waals surface area contributed by atoms with Crippen LogP contribution in [0.4, 0.5) is 0 Å². The molecule has 11 heteroatoms. The zero-order chi connectivity index (χ0) is 17.9. The monoisotopic (exact) mass is 342 g/mol. The van der Waals surface area contributed by atoms with Crippen molar-refractivity contribution in [3.63, 3.8) is 0 Å². The predicted octanol–water partition coefficient (Wildman–Crippen LogP) is -6.17. The standard InChI is InChI=1S/C12H22O11/c13-1-3(15)5(16)7(18)9(20)11(22)12-10(21)8(19)6(17)4(2-14)23-12/h4-14,16-22H,1-2H2/t4-,5-,6+,7+,8+,9+,10-,11?,12+/m1/s1. The molecule has 0 aliphatic carbocycles. The van der Waals surface area contributed by atoms with Crippen molar-refractivity contribution in [2.75, 3.05) is 13.2 Å². The van der Waals surface area contributed by atoms with Gasteiger partial charge in [-0.3, -0.25) is 4.79 Å². The van der Waals surface area contributed by atoms with Crippen molar-refractivity contribution in [1.82, 2.24) is 0 Å². The number of aliphatic hydroxyl groups is 9. The molecule has 1 saturated heterocycles. The van der Waals surface area contributed by atoms with Crippen molar-refractivity contribution in [3.8, 4) is 0 Å².